The molecule has 0 saturated heterocycles. The van der Waals surface area contributed by atoms with E-state index in [1.165, 1.54) is 0 Å². The van der Waals surface area contributed by atoms with Crippen molar-refractivity contribution in [3.05, 3.63) is 99.0 Å². The minimum atomic E-state index is 0.441. The van der Waals surface area contributed by atoms with Crippen molar-refractivity contribution in [3.63, 3.8) is 0 Å². The maximum Gasteiger partial charge on any atom is 0.379 e. The number of halogens is 4. The molecule has 0 unspecified atom stereocenters. The van der Waals surface area contributed by atoms with Crippen molar-refractivity contribution in [1.82, 2.24) is 0 Å². The van der Waals surface area contributed by atoms with E-state index >= 15 is 0 Å². The van der Waals surface area contributed by atoms with Crippen LogP contribution in [0.2, 0.25) is 20.1 Å². The highest BCUT2D eigenvalue weighted by Crippen LogP contribution is 2.46. The summed E-state index contributed by atoms with van der Waals surface area (Å²) in [4.78, 5) is 0. The maximum atomic E-state index is 6.78. The largest absolute Gasteiger partial charge is 0.379 e. The summed E-state index contributed by atoms with van der Waals surface area (Å²) in [6, 6.07) is 24.4. The molecule has 0 fully saturated rings. The van der Waals surface area contributed by atoms with Crippen LogP contribution in [0.4, 0.5) is 0 Å². The molecule has 0 aliphatic carbocycles. The van der Waals surface area contributed by atoms with Crippen LogP contribution in [-0.2, 0) is 0 Å². The summed E-state index contributed by atoms with van der Waals surface area (Å²) in [6.45, 7) is 0. The fraction of sp³-hybridized carbons (Fsp3) is 0. The van der Waals surface area contributed by atoms with Gasteiger partial charge in [0.25, 0.3) is 0 Å². The first-order valence-corrected chi connectivity index (χ1v) is 9.98. The van der Waals surface area contributed by atoms with Crippen molar-refractivity contribution < 1.29 is 4.42 Å². The molecule has 0 bridgehead atoms. The third kappa shape index (κ3) is 3.76. The quantitative estimate of drug-likeness (QED) is 0.285. The zero-order valence-electron chi connectivity index (χ0n) is 14.4. The minimum Gasteiger partial charge on any atom is -0.203 e. The predicted molar refractivity (Wildman–Crippen MR) is 119 cm³/mol. The molecule has 5 heteroatoms. The van der Waals surface area contributed by atoms with Gasteiger partial charge >= 0.3 is 11.5 Å². The van der Waals surface area contributed by atoms with Crippen molar-refractivity contribution in [2.75, 3.05) is 0 Å². The molecular formula is C23H13Cl4O+. The molecule has 0 atom stereocenters. The van der Waals surface area contributed by atoms with Gasteiger partial charge in [0.05, 0.1) is 11.1 Å². The van der Waals surface area contributed by atoms with Crippen molar-refractivity contribution >= 4 is 46.4 Å². The van der Waals surface area contributed by atoms with Gasteiger partial charge in [0.1, 0.15) is 0 Å². The average Bonchev–Trinajstić information content (AvgIpc) is 2.71. The van der Waals surface area contributed by atoms with Crippen molar-refractivity contribution in [2.45, 2.75) is 0 Å². The summed E-state index contributed by atoms with van der Waals surface area (Å²) in [5.41, 5.74) is 3.22. The zero-order chi connectivity index (χ0) is 19.7. The molecule has 4 rings (SSSR count). The lowest BCUT2D eigenvalue weighted by Gasteiger charge is -2.08. The second-order valence-corrected chi connectivity index (χ2v) is 7.77. The zero-order valence-corrected chi connectivity index (χ0v) is 17.4. The summed E-state index contributed by atoms with van der Waals surface area (Å²) in [5, 5.41) is 2.15. The third-order valence-electron chi connectivity index (χ3n) is 4.32. The maximum absolute atomic E-state index is 6.78. The molecule has 0 N–H and O–H groups in total. The lowest BCUT2D eigenvalue weighted by Crippen LogP contribution is -1.91. The van der Waals surface area contributed by atoms with E-state index in [4.69, 9.17) is 50.8 Å². The van der Waals surface area contributed by atoms with E-state index in [1.807, 2.05) is 54.6 Å². The summed E-state index contributed by atoms with van der Waals surface area (Å²) >= 11 is 25.6. The highest BCUT2D eigenvalue weighted by atomic mass is 35.5. The van der Waals surface area contributed by atoms with E-state index in [0.717, 1.165) is 16.7 Å². The molecule has 3 aromatic carbocycles. The Kier molecular flexibility index (Phi) is 5.61. The van der Waals surface area contributed by atoms with Crippen LogP contribution in [0.5, 0.6) is 0 Å². The number of benzene rings is 3. The van der Waals surface area contributed by atoms with Crippen LogP contribution in [0.1, 0.15) is 0 Å². The van der Waals surface area contributed by atoms with Gasteiger partial charge in [-0.3, -0.25) is 0 Å². The summed E-state index contributed by atoms with van der Waals surface area (Å²) in [6.07, 6.45) is 0. The fourth-order valence-electron chi connectivity index (χ4n) is 2.95. The van der Waals surface area contributed by atoms with E-state index in [0.29, 0.717) is 37.2 Å². The molecule has 0 saturated carbocycles. The van der Waals surface area contributed by atoms with Crippen LogP contribution >= 0.6 is 46.4 Å². The van der Waals surface area contributed by atoms with Crippen LogP contribution in [0, 0.1) is 0 Å². The van der Waals surface area contributed by atoms with Gasteiger partial charge in [-0.15, -0.1) is 0 Å². The van der Waals surface area contributed by atoms with E-state index in [2.05, 4.69) is 0 Å². The lowest BCUT2D eigenvalue weighted by molar-refractivity contribution is 0.583. The van der Waals surface area contributed by atoms with E-state index < -0.39 is 0 Å². The summed E-state index contributed by atoms with van der Waals surface area (Å²) in [7, 11) is 0. The van der Waals surface area contributed by atoms with Gasteiger partial charge in [-0.1, -0.05) is 76.7 Å². The Bertz CT molecular complexity index is 1050. The Labute approximate surface area is 183 Å². The van der Waals surface area contributed by atoms with Crippen LogP contribution in [0.3, 0.4) is 0 Å². The highest BCUT2D eigenvalue weighted by Gasteiger charge is 2.31. The van der Waals surface area contributed by atoms with Gasteiger partial charge < -0.3 is 0 Å². The van der Waals surface area contributed by atoms with Gasteiger partial charge in [-0.2, -0.15) is 0 Å². The van der Waals surface area contributed by atoms with Crippen LogP contribution in [0.15, 0.2) is 83.3 Å². The van der Waals surface area contributed by atoms with Gasteiger partial charge in [-0.05, 0) is 54.1 Å². The predicted octanol–water partition coefficient (Wildman–Crippen LogP) is 9.18. The average molecular weight is 447 g/mol. The normalized spacial score (nSPS) is 10.9. The third-order valence-corrected chi connectivity index (χ3v) is 5.54. The molecule has 0 amide bonds. The Morgan fingerprint density at radius 2 is 0.893 bits per heavy atom. The van der Waals surface area contributed by atoms with Crippen molar-refractivity contribution in [1.29, 1.82) is 0 Å². The fourth-order valence-corrected chi connectivity index (χ4v) is 3.95. The summed E-state index contributed by atoms with van der Waals surface area (Å²) < 4.78 is 6.20. The second-order valence-electron chi connectivity index (χ2n) is 6.14. The van der Waals surface area contributed by atoms with E-state index in [1.54, 1.807) is 24.3 Å². The molecule has 1 heterocycles. The SMILES string of the molecule is Clc1ccc(-c2[o+]c(-c3ccc(Cl)cc3)c(Cl)c(-c3ccccc3)c2Cl)cc1. The number of rotatable bonds is 3. The molecule has 28 heavy (non-hydrogen) atoms. The van der Waals surface area contributed by atoms with Crippen molar-refractivity contribution in [3.8, 4) is 33.8 Å². The Hall–Kier alpha value is -2.03. The van der Waals surface area contributed by atoms with Crippen LogP contribution < -0.4 is 0 Å². The second kappa shape index (κ2) is 8.14. The Morgan fingerprint density at radius 1 is 0.464 bits per heavy atom. The molecule has 4 aromatic rings. The standard InChI is InChI=1S/C23H13Cl4O/c24-17-10-6-15(7-11-17)22-20(26)19(14-4-2-1-3-5-14)21(27)23(28-22)16-8-12-18(25)13-9-16/h1-13H/q+1. The van der Waals surface area contributed by atoms with Crippen LogP contribution in [0.25, 0.3) is 33.8 Å². The van der Waals surface area contributed by atoms with E-state index in [9.17, 15) is 0 Å². The molecular weight excluding hydrogens is 434 g/mol. The first-order valence-electron chi connectivity index (χ1n) is 8.47. The Balaban J connectivity index is 2.02. The molecule has 0 spiro atoms. The van der Waals surface area contributed by atoms with Gasteiger partial charge in [0.15, 0.2) is 10.0 Å². The topological polar surface area (TPSA) is 11.3 Å². The van der Waals surface area contributed by atoms with E-state index in [-0.39, 0.29) is 0 Å². The minimum absolute atomic E-state index is 0.441. The molecule has 0 aliphatic rings. The number of hydrogen-bond acceptors (Lipinski definition) is 0. The lowest BCUT2D eigenvalue weighted by atomic mass is 10.0. The smallest absolute Gasteiger partial charge is 0.203 e. The van der Waals surface area contributed by atoms with Crippen LogP contribution in [-0.4, -0.2) is 0 Å². The Morgan fingerprint density at radius 3 is 1.32 bits per heavy atom. The first-order chi connectivity index (χ1) is 13.5. The summed E-state index contributed by atoms with van der Waals surface area (Å²) in [5.74, 6) is 1.04. The highest BCUT2D eigenvalue weighted by molar-refractivity contribution is 6.42. The number of hydrogen-bond donors (Lipinski definition) is 0. The van der Waals surface area contributed by atoms with Crippen molar-refractivity contribution in [2.24, 2.45) is 0 Å². The molecule has 1 aromatic heterocycles. The van der Waals surface area contributed by atoms with Gasteiger partial charge in [-0.25, -0.2) is 4.42 Å². The van der Waals surface area contributed by atoms with Gasteiger partial charge in [0, 0.05) is 15.6 Å². The molecule has 0 radical (unpaired) electrons. The molecule has 0 aliphatic heterocycles. The molecule has 138 valence electrons. The monoisotopic (exact) mass is 445 g/mol. The van der Waals surface area contributed by atoms with Gasteiger partial charge in [0.2, 0.25) is 0 Å². The molecule has 1 nitrogen and oxygen atoms in total. The first kappa shape index (κ1) is 19.3.